The van der Waals surface area contributed by atoms with Gasteiger partial charge in [-0.3, -0.25) is 10.1 Å². The first-order valence-corrected chi connectivity index (χ1v) is 2.96. The van der Waals surface area contributed by atoms with Crippen LogP contribution in [0, 0.1) is 10.1 Å². The van der Waals surface area contributed by atoms with Crippen LogP contribution in [0.2, 0.25) is 0 Å². The van der Waals surface area contributed by atoms with Crippen molar-refractivity contribution in [2.75, 3.05) is 0 Å². The Hall–Kier alpha value is -1.74. The molecule has 0 bridgehead atoms. The highest BCUT2D eigenvalue weighted by Gasteiger charge is 2.17. The zero-order chi connectivity index (χ0) is 8.27. The standard InChI is InChI=1S/C6H5N3O2/c7-8-5-1-3-6(4-2-5)9(10)11/h1-4,6H. The quantitative estimate of drug-likeness (QED) is 0.235. The summed E-state index contributed by atoms with van der Waals surface area (Å²) in [7, 11) is 0. The van der Waals surface area contributed by atoms with E-state index in [2.05, 4.69) is 4.79 Å². The van der Waals surface area contributed by atoms with Gasteiger partial charge in [-0.1, -0.05) is 0 Å². The molecule has 0 aromatic carbocycles. The predicted molar refractivity (Wildman–Crippen MR) is 37.7 cm³/mol. The number of rotatable bonds is 1. The molecule has 0 fully saturated rings. The molecule has 0 spiro atoms. The van der Waals surface area contributed by atoms with Gasteiger partial charge in [0.25, 0.3) is 6.04 Å². The number of nitro groups is 1. The summed E-state index contributed by atoms with van der Waals surface area (Å²) < 4.78 is 0. The molecule has 56 valence electrons. The molecule has 0 amide bonds. The Kier molecular flexibility index (Phi) is 1.94. The second-order valence-electron chi connectivity index (χ2n) is 2.02. The van der Waals surface area contributed by atoms with Crippen LogP contribution in [0.5, 0.6) is 0 Å². The van der Waals surface area contributed by atoms with Gasteiger partial charge in [0.15, 0.2) is 0 Å². The molecule has 0 atom stereocenters. The summed E-state index contributed by atoms with van der Waals surface area (Å²) in [6.07, 6.45) is 5.50. The fraction of sp³-hybridized carbons (Fsp3) is 0.167. The van der Waals surface area contributed by atoms with Gasteiger partial charge in [0.05, 0.1) is 0 Å². The molecule has 0 aliphatic heterocycles. The van der Waals surface area contributed by atoms with E-state index < -0.39 is 11.0 Å². The van der Waals surface area contributed by atoms with Gasteiger partial charge in [0, 0.05) is 29.2 Å². The van der Waals surface area contributed by atoms with E-state index in [9.17, 15) is 10.1 Å². The highest BCUT2D eigenvalue weighted by molar-refractivity contribution is 6.00. The molecule has 0 radical (unpaired) electrons. The predicted octanol–water partition coefficient (Wildman–Crippen LogP) is 0.428. The molecular weight excluding hydrogens is 146 g/mol. The molecule has 1 aliphatic carbocycles. The van der Waals surface area contributed by atoms with Crippen molar-refractivity contribution < 1.29 is 9.71 Å². The maximum absolute atomic E-state index is 10.2. The van der Waals surface area contributed by atoms with Gasteiger partial charge in [0.1, 0.15) is 0 Å². The van der Waals surface area contributed by atoms with Gasteiger partial charge >= 0.3 is 5.71 Å². The lowest BCUT2D eigenvalue weighted by molar-refractivity contribution is -0.496. The zero-order valence-electron chi connectivity index (χ0n) is 5.54. The third kappa shape index (κ3) is 1.59. The van der Waals surface area contributed by atoms with E-state index in [1.165, 1.54) is 24.3 Å². The van der Waals surface area contributed by atoms with Crippen molar-refractivity contribution in [3.05, 3.63) is 39.9 Å². The Morgan fingerprint density at radius 1 is 1.55 bits per heavy atom. The van der Waals surface area contributed by atoms with Crippen molar-refractivity contribution >= 4 is 5.71 Å². The van der Waals surface area contributed by atoms with Crippen LogP contribution in [0.1, 0.15) is 0 Å². The second-order valence-corrected chi connectivity index (χ2v) is 2.02. The van der Waals surface area contributed by atoms with Crippen molar-refractivity contribution in [2.24, 2.45) is 0 Å². The summed E-state index contributed by atoms with van der Waals surface area (Å²) in [4.78, 5) is 12.6. The summed E-state index contributed by atoms with van der Waals surface area (Å²) in [6, 6.07) is -0.791. The lowest BCUT2D eigenvalue weighted by Gasteiger charge is -1.98. The van der Waals surface area contributed by atoms with Crippen molar-refractivity contribution in [1.29, 1.82) is 0 Å². The van der Waals surface area contributed by atoms with Crippen molar-refractivity contribution in [3.63, 3.8) is 0 Å². The lowest BCUT2D eigenvalue weighted by Crippen LogP contribution is -2.16. The Labute approximate surface area is 62.4 Å². The maximum Gasteiger partial charge on any atom is 0.315 e. The minimum atomic E-state index is -0.791. The van der Waals surface area contributed by atoms with Crippen molar-refractivity contribution in [2.45, 2.75) is 6.04 Å². The van der Waals surface area contributed by atoms with Gasteiger partial charge in [-0.2, -0.15) is 4.79 Å². The van der Waals surface area contributed by atoms with E-state index >= 15 is 0 Å². The Morgan fingerprint density at radius 2 is 2.09 bits per heavy atom. The Bertz CT molecular complexity index is 270. The first-order chi connectivity index (χ1) is 5.24. The topological polar surface area (TPSA) is 79.5 Å². The van der Waals surface area contributed by atoms with E-state index in [1.54, 1.807) is 0 Å². The van der Waals surface area contributed by atoms with E-state index in [4.69, 9.17) is 5.53 Å². The van der Waals surface area contributed by atoms with Crippen LogP contribution in [0.3, 0.4) is 0 Å². The van der Waals surface area contributed by atoms with Gasteiger partial charge in [-0.15, -0.1) is 0 Å². The summed E-state index contributed by atoms with van der Waals surface area (Å²) in [5.41, 5.74) is 8.55. The molecule has 5 heteroatoms. The molecule has 11 heavy (non-hydrogen) atoms. The average Bonchev–Trinajstić information content (AvgIpc) is 2.05. The summed E-state index contributed by atoms with van der Waals surface area (Å²) in [5, 5.41) is 10.2. The SMILES string of the molecule is [N-]=[N+]=C1C=CC([N+](=O)[O-])C=C1. The molecular formula is C6H5N3O2. The summed E-state index contributed by atoms with van der Waals surface area (Å²) in [6.45, 7) is 0. The summed E-state index contributed by atoms with van der Waals surface area (Å²) >= 11 is 0. The van der Waals surface area contributed by atoms with Gasteiger partial charge in [-0.05, 0) is 0 Å². The summed E-state index contributed by atoms with van der Waals surface area (Å²) in [5.74, 6) is 0. The molecule has 0 N–H and O–H groups in total. The minimum absolute atomic E-state index is 0.322. The third-order valence-corrected chi connectivity index (χ3v) is 1.29. The van der Waals surface area contributed by atoms with E-state index in [-0.39, 0.29) is 0 Å². The van der Waals surface area contributed by atoms with E-state index in [0.29, 0.717) is 5.71 Å². The van der Waals surface area contributed by atoms with E-state index in [0.717, 1.165) is 0 Å². The first-order valence-electron chi connectivity index (χ1n) is 2.96. The second kappa shape index (κ2) is 2.90. The van der Waals surface area contributed by atoms with Gasteiger partial charge in [0.2, 0.25) is 0 Å². The van der Waals surface area contributed by atoms with Crippen LogP contribution in [-0.4, -0.2) is 21.5 Å². The molecule has 0 unspecified atom stereocenters. The highest BCUT2D eigenvalue weighted by Crippen LogP contribution is 2.01. The van der Waals surface area contributed by atoms with Crippen LogP contribution in [0.25, 0.3) is 5.53 Å². The fourth-order valence-corrected chi connectivity index (χ4v) is 0.721. The smallest absolute Gasteiger partial charge is 0.315 e. The fourth-order valence-electron chi connectivity index (χ4n) is 0.721. The minimum Gasteiger partial charge on any atom is -0.361 e. The lowest BCUT2D eigenvalue weighted by atomic mass is 10.1. The molecule has 0 saturated carbocycles. The number of nitrogens with zero attached hydrogens (tertiary/aromatic N) is 3. The number of hydrogen-bond donors (Lipinski definition) is 0. The first kappa shape index (κ1) is 7.37. The molecule has 1 aliphatic rings. The Morgan fingerprint density at radius 3 is 2.45 bits per heavy atom. The van der Waals surface area contributed by atoms with Crippen molar-refractivity contribution in [3.8, 4) is 0 Å². The Balaban J connectivity index is 2.80. The van der Waals surface area contributed by atoms with E-state index in [1.807, 2.05) is 0 Å². The molecule has 0 aromatic rings. The normalized spacial score (nSPS) is 21.5. The van der Waals surface area contributed by atoms with Crippen LogP contribution >= 0.6 is 0 Å². The third-order valence-electron chi connectivity index (χ3n) is 1.29. The number of allylic oxidation sites excluding steroid dienone is 2. The zero-order valence-corrected chi connectivity index (χ0v) is 5.54. The average molecular weight is 151 g/mol. The molecule has 5 nitrogen and oxygen atoms in total. The van der Waals surface area contributed by atoms with Crippen LogP contribution in [-0.2, 0) is 0 Å². The highest BCUT2D eigenvalue weighted by atomic mass is 16.6. The molecule has 0 aromatic heterocycles. The number of hydrogen-bond acceptors (Lipinski definition) is 2. The van der Waals surface area contributed by atoms with Crippen LogP contribution in [0.4, 0.5) is 0 Å². The molecule has 0 heterocycles. The van der Waals surface area contributed by atoms with Gasteiger partial charge in [-0.25, -0.2) is 0 Å². The monoisotopic (exact) mass is 151 g/mol. The maximum atomic E-state index is 10.2. The van der Waals surface area contributed by atoms with Crippen LogP contribution < -0.4 is 0 Å². The molecule has 1 rings (SSSR count). The van der Waals surface area contributed by atoms with Gasteiger partial charge < -0.3 is 5.53 Å². The van der Waals surface area contributed by atoms with Crippen molar-refractivity contribution in [1.82, 2.24) is 0 Å². The van der Waals surface area contributed by atoms with Crippen LogP contribution in [0.15, 0.2) is 24.3 Å². The molecule has 0 saturated heterocycles. The largest absolute Gasteiger partial charge is 0.361 e.